The predicted octanol–water partition coefficient (Wildman–Crippen LogP) is 2.11. The quantitative estimate of drug-likeness (QED) is 0.801. The van der Waals surface area contributed by atoms with Crippen molar-refractivity contribution in [1.29, 1.82) is 0 Å². The van der Waals surface area contributed by atoms with Gasteiger partial charge in [-0.15, -0.1) is 11.3 Å². The van der Waals surface area contributed by atoms with E-state index in [2.05, 4.69) is 16.9 Å². The molecule has 0 spiro atoms. The molecule has 0 aliphatic rings. The van der Waals surface area contributed by atoms with Crippen LogP contribution in [-0.4, -0.2) is 21.6 Å². The van der Waals surface area contributed by atoms with Gasteiger partial charge in [-0.3, -0.25) is 14.3 Å². The highest BCUT2D eigenvalue weighted by atomic mass is 32.1. The molecule has 1 N–H and O–H groups in total. The molecule has 0 aliphatic carbocycles. The molecule has 0 unspecified atom stereocenters. The lowest BCUT2D eigenvalue weighted by atomic mass is 10.3. The van der Waals surface area contributed by atoms with Crippen molar-refractivity contribution in [1.82, 2.24) is 14.5 Å². The number of methoxy groups -OCH3 is 1. The number of aromatic nitrogens is 3. The maximum absolute atomic E-state index is 12.1. The zero-order valence-electron chi connectivity index (χ0n) is 11.8. The Morgan fingerprint density at radius 1 is 1.38 bits per heavy atom. The first-order valence-electron chi connectivity index (χ1n) is 6.76. The Morgan fingerprint density at radius 2 is 2.19 bits per heavy atom. The van der Waals surface area contributed by atoms with Crippen molar-refractivity contribution in [2.24, 2.45) is 0 Å². The summed E-state index contributed by atoms with van der Waals surface area (Å²) in [5.74, 6) is 0.469. The van der Waals surface area contributed by atoms with Crippen molar-refractivity contribution < 1.29 is 4.74 Å². The average Bonchev–Trinajstić information content (AvgIpc) is 2.86. The third-order valence-electron chi connectivity index (χ3n) is 3.37. The summed E-state index contributed by atoms with van der Waals surface area (Å²) in [6.45, 7) is 2.62. The molecule has 7 heteroatoms. The van der Waals surface area contributed by atoms with Gasteiger partial charge in [0.05, 0.1) is 17.3 Å². The Labute approximate surface area is 124 Å². The van der Waals surface area contributed by atoms with Gasteiger partial charge in [0.1, 0.15) is 10.2 Å². The van der Waals surface area contributed by atoms with E-state index >= 15 is 0 Å². The zero-order chi connectivity index (χ0) is 15.0. The Morgan fingerprint density at radius 3 is 2.90 bits per heavy atom. The summed E-state index contributed by atoms with van der Waals surface area (Å²) in [6.07, 6.45) is 1.83. The Balaban J connectivity index is 2.43. The van der Waals surface area contributed by atoms with Crippen LogP contribution in [0.2, 0.25) is 0 Å². The number of pyridine rings is 1. The SMILES string of the molecule is CCCCn1c(=O)[nH]c(=O)c2sc3ccc(OC)nc3c21. The molecule has 0 radical (unpaired) electrons. The minimum Gasteiger partial charge on any atom is -0.481 e. The second-order valence-corrected chi connectivity index (χ2v) is 5.80. The number of hydrogen-bond acceptors (Lipinski definition) is 5. The third-order valence-corrected chi connectivity index (χ3v) is 4.50. The first-order valence-corrected chi connectivity index (χ1v) is 7.57. The van der Waals surface area contributed by atoms with E-state index in [0.717, 1.165) is 17.5 Å². The number of fused-ring (bicyclic) bond motifs is 3. The van der Waals surface area contributed by atoms with E-state index in [0.29, 0.717) is 28.2 Å². The highest BCUT2D eigenvalue weighted by Crippen LogP contribution is 2.31. The fraction of sp³-hybridized carbons (Fsp3) is 0.357. The van der Waals surface area contributed by atoms with Crippen LogP contribution in [0.1, 0.15) is 19.8 Å². The molecule has 3 aromatic rings. The van der Waals surface area contributed by atoms with Gasteiger partial charge >= 0.3 is 5.69 Å². The predicted molar refractivity (Wildman–Crippen MR) is 83.5 cm³/mol. The number of H-pyrrole nitrogens is 1. The topological polar surface area (TPSA) is 77.0 Å². The third kappa shape index (κ3) is 2.23. The van der Waals surface area contributed by atoms with Gasteiger partial charge in [0, 0.05) is 12.6 Å². The molecule has 6 nitrogen and oxygen atoms in total. The zero-order valence-corrected chi connectivity index (χ0v) is 12.6. The van der Waals surface area contributed by atoms with Crippen LogP contribution in [0.3, 0.4) is 0 Å². The molecule has 0 aromatic carbocycles. The van der Waals surface area contributed by atoms with Crippen LogP contribution in [0.25, 0.3) is 20.4 Å². The van der Waals surface area contributed by atoms with Gasteiger partial charge in [0.2, 0.25) is 5.88 Å². The van der Waals surface area contributed by atoms with E-state index in [4.69, 9.17) is 4.74 Å². The normalized spacial score (nSPS) is 11.3. The molecule has 21 heavy (non-hydrogen) atoms. The monoisotopic (exact) mass is 305 g/mol. The number of ether oxygens (including phenoxy) is 1. The van der Waals surface area contributed by atoms with Crippen LogP contribution in [0.5, 0.6) is 5.88 Å². The van der Waals surface area contributed by atoms with Crippen LogP contribution in [-0.2, 0) is 6.54 Å². The lowest BCUT2D eigenvalue weighted by Crippen LogP contribution is -2.29. The number of nitrogens with zero attached hydrogens (tertiary/aromatic N) is 2. The van der Waals surface area contributed by atoms with Gasteiger partial charge in [-0.2, -0.15) is 0 Å². The number of thiophene rings is 1. The lowest BCUT2D eigenvalue weighted by molar-refractivity contribution is 0.399. The largest absolute Gasteiger partial charge is 0.481 e. The van der Waals surface area contributed by atoms with E-state index in [-0.39, 0.29) is 11.2 Å². The van der Waals surface area contributed by atoms with Crippen molar-refractivity contribution in [2.75, 3.05) is 7.11 Å². The summed E-state index contributed by atoms with van der Waals surface area (Å²) in [4.78, 5) is 30.9. The molecule has 0 aliphatic heterocycles. The summed E-state index contributed by atoms with van der Waals surface area (Å²) in [5, 5.41) is 0. The van der Waals surface area contributed by atoms with E-state index < -0.39 is 0 Å². The fourth-order valence-electron chi connectivity index (χ4n) is 2.32. The second kappa shape index (κ2) is 5.33. The van der Waals surface area contributed by atoms with Crippen LogP contribution < -0.4 is 16.0 Å². The number of rotatable bonds is 4. The highest BCUT2D eigenvalue weighted by Gasteiger charge is 2.15. The van der Waals surface area contributed by atoms with E-state index in [1.165, 1.54) is 11.3 Å². The average molecular weight is 305 g/mol. The summed E-state index contributed by atoms with van der Waals surface area (Å²) in [5.41, 5.74) is 0.514. The Bertz CT molecular complexity index is 923. The van der Waals surface area contributed by atoms with Crippen LogP contribution in [0.15, 0.2) is 21.7 Å². The molecule has 3 heterocycles. The molecule has 0 saturated heterocycles. The van der Waals surface area contributed by atoms with Crippen LogP contribution >= 0.6 is 11.3 Å². The first-order chi connectivity index (χ1) is 10.2. The van der Waals surface area contributed by atoms with Crippen LogP contribution in [0, 0.1) is 0 Å². The van der Waals surface area contributed by atoms with Crippen molar-refractivity contribution in [3.05, 3.63) is 33.0 Å². The molecule has 3 rings (SSSR count). The number of aromatic amines is 1. The Hall–Kier alpha value is -2.15. The van der Waals surface area contributed by atoms with Crippen molar-refractivity contribution in [3.8, 4) is 5.88 Å². The summed E-state index contributed by atoms with van der Waals surface area (Å²) in [7, 11) is 1.54. The maximum atomic E-state index is 12.1. The molecule has 0 bridgehead atoms. The van der Waals surface area contributed by atoms with Gasteiger partial charge in [-0.1, -0.05) is 13.3 Å². The van der Waals surface area contributed by atoms with E-state index in [1.54, 1.807) is 17.7 Å². The molecule has 0 amide bonds. The fourth-order valence-corrected chi connectivity index (χ4v) is 3.36. The molecular formula is C14H15N3O3S. The maximum Gasteiger partial charge on any atom is 0.328 e. The van der Waals surface area contributed by atoms with Gasteiger partial charge in [0.25, 0.3) is 5.56 Å². The van der Waals surface area contributed by atoms with E-state index in [9.17, 15) is 9.59 Å². The van der Waals surface area contributed by atoms with E-state index in [1.807, 2.05) is 6.07 Å². The van der Waals surface area contributed by atoms with Crippen molar-refractivity contribution in [2.45, 2.75) is 26.3 Å². The van der Waals surface area contributed by atoms with Gasteiger partial charge in [-0.25, -0.2) is 9.78 Å². The summed E-state index contributed by atoms with van der Waals surface area (Å²) < 4.78 is 8.14. The lowest BCUT2D eigenvalue weighted by Gasteiger charge is -2.06. The van der Waals surface area contributed by atoms with Gasteiger partial charge in [0.15, 0.2) is 0 Å². The molecule has 0 atom stereocenters. The number of unbranched alkanes of at least 4 members (excludes halogenated alkanes) is 1. The second-order valence-electron chi connectivity index (χ2n) is 4.74. The molecule has 3 aromatic heterocycles. The minimum absolute atomic E-state index is 0.357. The first kappa shape index (κ1) is 13.8. The number of nitrogens with one attached hydrogen (secondary N) is 1. The summed E-state index contributed by atoms with van der Waals surface area (Å²) >= 11 is 1.34. The standard InChI is InChI=1S/C14H15N3O3S/c1-3-4-7-17-11-10-8(5-6-9(15-10)20-2)21-12(11)13(18)16-14(17)19/h5-6H,3-4,7H2,1-2H3,(H,16,18,19). The smallest absolute Gasteiger partial charge is 0.328 e. The van der Waals surface area contributed by atoms with Gasteiger partial charge < -0.3 is 4.74 Å². The molecule has 0 saturated carbocycles. The Kier molecular flexibility index (Phi) is 3.50. The van der Waals surface area contributed by atoms with Crippen molar-refractivity contribution in [3.63, 3.8) is 0 Å². The number of hydrogen-bond donors (Lipinski definition) is 1. The molecule has 110 valence electrons. The molecule has 0 fully saturated rings. The van der Waals surface area contributed by atoms with Crippen molar-refractivity contribution >= 4 is 31.8 Å². The highest BCUT2D eigenvalue weighted by molar-refractivity contribution is 7.25. The van der Waals surface area contributed by atoms with Gasteiger partial charge in [-0.05, 0) is 12.5 Å². The number of aryl methyl sites for hydroxylation is 1. The summed E-state index contributed by atoms with van der Waals surface area (Å²) in [6, 6.07) is 3.61. The molecular weight excluding hydrogens is 290 g/mol. The minimum atomic E-state index is -0.384. The van der Waals surface area contributed by atoms with Crippen LogP contribution in [0.4, 0.5) is 0 Å².